The van der Waals surface area contributed by atoms with E-state index < -0.39 is 10.3 Å². The van der Waals surface area contributed by atoms with E-state index in [1.807, 2.05) is 27.7 Å². The van der Waals surface area contributed by atoms with E-state index in [-0.39, 0.29) is 5.69 Å². The average molecular weight is 264 g/mol. The number of nitrogens with one attached hydrogen (secondary N) is 1. The second-order valence-electron chi connectivity index (χ2n) is 5.21. The minimum atomic E-state index is -0.421. The number of pyridine rings is 1. The highest BCUT2D eigenvalue weighted by atomic mass is 16.6. The molecule has 102 valence electrons. The summed E-state index contributed by atoms with van der Waals surface area (Å²) in [5, 5.41) is 18.6. The monoisotopic (exact) mass is 264 g/mol. The number of aromatic amines is 1. The van der Waals surface area contributed by atoms with Crippen molar-refractivity contribution in [3.63, 3.8) is 0 Å². The van der Waals surface area contributed by atoms with Gasteiger partial charge in [-0.05, 0) is 12.3 Å². The molecule has 7 heteroatoms. The van der Waals surface area contributed by atoms with Crippen LogP contribution in [0.3, 0.4) is 0 Å². The van der Waals surface area contributed by atoms with Crippen LogP contribution in [-0.2, 0) is 5.41 Å². The van der Waals surface area contributed by atoms with E-state index >= 15 is 0 Å². The minimum absolute atomic E-state index is 0.0117. The summed E-state index contributed by atoms with van der Waals surface area (Å²) in [4.78, 5) is 14.8. The fourth-order valence-electron chi connectivity index (χ4n) is 2.09. The van der Waals surface area contributed by atoms with E-state index in [0.29, 0.717) is 29.1 Å². The molecule has 0 aliphatic heterocycles. The van der Waals surface area contributed by atoms with Crippen LogP contribution in [0.25, 0.3) is 11.0 Å². The Morgan fingerprint density at radius 2 is 2.16 bits per heavy atom. The van der Waals surface area contributed by atoms with Gasteiger partial charge < -0.3 is 4.74 Å². The summed E-state index contributed by atoms with van der Waals surface area (Å²) >= 11 is 0. The zero-order chi connectivity index (χ0) is 14.2. The third-order valence-electron chi connectivity index (χ3n) is 2.76. The smallest absolute Gasteiger partial charge is 0.292 e. The normalized spacial score (nSPS) is 11.8. The molecule has 0 unspecified atom stereocenters. The van der Waals surface area contributed by atoms with Crippen molar-refractivity contribution in [1.82, 2.24) is 15.2 Å². The van der Waals surface area contributed by atoms with E-state index in [0.717, 1.165) is 0 Å². The Labute approximate surface area is 110 Å². The molecular formula is C12H16N4O3. The number of hydrogen-bond donors (Lipinski definition) is 1. The maximum absolute atomic E-state index is 11.2. The molecule has 0 saturated heterocycles. The van der Waals surface area contributed by atoms with Gasteiger partial charge in [0.2, 0.25) is 5.88 Å². The largest absolute Gasteiger partial charge is 0.476 e. The van der Waals surface area contributed by atoms with Gasteiger partial charge in [-0.2, -0.15) is 0 Å². The summed E-state index contributed by atoms with van der Waals surface area (Å²) in [6, 6.07) is 0. The highest BCUT2D eigenvalue weighted by molar-refractivity contribution is 5.88. The molecule has 0 aromatic carbocycles. The number of nitro groups is 1. The molecule has 0 saturated carbocycles. The zero-order valence-electron chi connectivity index (χ0n) is 11.4. The van der Waals surface area contributed by atoms with Crippen LogP contribution >= 0.6 is 0 Å². The van der Waals surface area contributed by atoms with Gasteiger partial charge in [-0.15, -0.1) is 5.10 Å². The quantitative estimate of drug-likeness (QED) is 0.679. The Morgan fingerprint density at radius 1 is 1.47 bits per heavy atom. The van der Waals surface area contributed by atoms with Crippen LogP contribution in [-0.4, -0.2) is 26.7 Å². The Morgan fingerprint density at radius 3 is 2.68 bits per heavy atom. The van der Waals surface area contributed by atoms with Crippen molar-refractivity contribution >= 4 is 16.7 Å². The number of fused-ring (bicyclic) bond motifs is 1. The van der Waals surface area contributed by atoms with Gasteiger partial charge in [-0.1, -0.05) is 20.8 Å². The van der Waals surface area contributed by atoms with Gasteiger partial charge in [0, 0.05) is 0 Å². The van der Waals surface area contributed by atoms with Crippen molar-refractivity contribution in [3.8, 4) is 5.88 Å². The van der Waals surface area contributed by atoms with Gasteiger partial charge in [0.15, 0.2) is 5.65 Å². The summed E-state index contributed by atoms with van der Waals surface area (Å²) < 4.78 is 5.42. The maximum Gasteiger partial charge on any atom is 0.292 e. The van der Waals surface area contributed by atoms with E-state index in [1.54, 1.807) is 0 Å². The summed E-state index contributed by atoms with van der Waals surface area (Å²) in [5.41, 5.74) is 0.653. The second kappa shape index (κ2) is 4.49. The SMILES string of the molecule is CCOc1n[nH]c2ncc([N+](=O)[O-])c(C(C)(C)C)c12. The molecule has 0 spiro atoms. The predicted molar refractivity (Wildman–Crippen MR) is 70.4 cm³/mol. The first-order valence-corrected chi connectivity index (χ1v) is 6.01. The van der Waals surface area contributed by atoms with Gasteiger partial charge in [-0.25, -0.2) is 4.98 Å². The van der Waals surface area contributed by atoms with Crippen LogP contribution in [0.15, 0.2) is 6.20 Å². The Bertz CT molecular complexity index is 628. The van der Waals surface area contributed by atoms with Gasteiger partial charge >= 0.3 is 0 Å². The highest BCUT2D eigenvalue weighted by Crippen LogP contribution is 2.39. The van der Waals surface area contributed by atoms with Crippen LogP contribution in [0.1, 0.15) is 33.3 Å². The lowest BCUT2D eigenvalue weighted by Crippen LogP contribution is -2.15. The average Bonchev–Trinajstić information content (AvgIpc) is 2.70. The standard InChI is InChI=1S/C12H16N4O3/c1-5-19-11-8-9(12(2,3)4)7(16(17)18)6-13-10(8)14-15-11/h6H,5H2,1-4H3,(H,13,14,15). The lowest BCUT2D eigenvalue weighted by atomic mass is 9.84. The zero-order valence-corrected chi connectivity index (χ0v) is 11.4. The predicted octanol–water partition coefficient (Wildman–Crippen LogP) is 2.56. The molecule has 0 bridgehead atoms. The number of aromatic nitrogens is 3. The van der Waals surface area contributed by atoms with Crippen LogP contribution < -0.4 is 4.74 Å². The molecule has 7 nitrogen and oxygen atoms in total. The van der Waals surface area contributed by atoms with Crippen molar-refractivity contribution in [3.05, 3.63) is 21.9 Å². The summed E-state index contributed by atoms with van der Waals surface area (Å²) in [6.45, 7) is 8.01. The number of rotatable bonds is 3. The lowest BCUT2D eigenvalue weighted by Gasteiger charge is -2.19. The topological polar surface area (TPSA) is 93.9 Å². The highest BCUT2D eigenvalue weighted by Gasteiger charge is 2.31. The molecule has 2 aromatic rings. The molecule has 0 radical (unpaired) electrons. The molecule has 2 aromatic heterocycles. The molecule has 2 rings (SSSR count). The molecule has 0 aliphatic rings. The first-order chi connectivity index (χ1) is 8.86. The number of H-pyrrole nitrogens is 1. The third kappa shape index (κ3) is 2.23. The fourth-order valence-corrected chi connectivity index (χ4v) is 2.09. The van der Waals surface area contributed by atoms with Crippen LogP contribution in [0.2, 0.25) is 0 Å². The van der Waals surface area contributed by atoms with E-state index in [4.69, 9.17) is 4.74 Å². The van der Waals surface area contributed by atoms with Gasteiger partial charge in [-0.3, -0.25) is 15.2 Å². The number of ether oxygens (including phenoxy) is 1. The fraction of sp³-hybridized carbons (Fsp3) is 0.500. The van der Waals surface area contributed by atoms with Crippen LogP contribution in [0.5, 0.6) is 5.88 Å². The number of hydrogen-bond acceptors (Lipinski definition) is 5. The molecule has 2 heterocycles. The Balaban J connectivity index is 2.85. The molecule has 0 atom stereocenters. The molecule has 0 aliphatic carbocycles. The van der Waals surface area contributed by atoms with Crippen molar-refractivity contribution < 1.29 is 9.66 Å². The number of nitrogens with zero attached hydrogens (tertiary/aromatic N) is 3. The molecular weight excluding hydrogens is 248 g/mol. The van der Waals surface area contributed by atoms with Crippen molar-refractivity contribution in [2.45, 2.75) is 33.1 Å². The molecule has 19 heavy (non-hydrogen) atoms. The minimum Gasteiger partial charge on any atom is -0.476 e. The Kier molecular flexibility index (Phi) is 3.13. The summed E-state index contributed by atoms with van der Waals surface area (Å²) in [6.07, 6.45) is 1.26. The van der Waals surface area contributed by atoms with Crippen LogP contribution in [0, 0.1) is 10.1 Å². The molecule has 0 fully saturated rings. The molecule has 1 N–H and O–H groups in total. The molecule has 0 amide bonds. The van der Waals surface area contributed by atoms with E-state index in [9.17, 15) is 10.1 Å². The van der Waals surface area contributed by atoms with Crippen LogP contribution in [0.4, 0.5) is 5.69 Å². The van der Waals surface area contributed by atoms with Gasteiger partial charge in [0.1, 0.15) is 6.20 Å². The maximum atomic E-state index is 11.2. The summed E-state index contributed by atoms with van der Waals surface area (Å²) in [7, 11) is 0. The van der Waals surface area contributed by atoms with Gasteiger partial charge in [0.25, 0.3) is 5.69 Å². The first kappa shape index (κ1) is 13.3. The second-order valence-corrected chi connectivity index (χ2v) is 5.21. The third-order valence-corrected chi connectivity index (χ3v) is 2.76. The van der Waals surface area contributed by atoms with Gasteiger partial charge in [0.05, 0.1) is 22.5 Å². The van der Waals surface area contributed by atoms with Crippen molar-refractivity contribution in [2.75, 3.05) is 6.61 Å². The van der Waals surface area contributed by atoms with Crippen molar-refractivity contribution in [1.29, 1.82) is 0 Å². The van der Waals surface area contributed by atoms with E-state index in [1.165, 1.54) is 6.20 Å². The first-order valence-electron chi connectivity index (χ1n) is 6.01. The van der Waals surface area contributed by atoms with E-state index in [2.05, 4.69) is 15.2 Å². The summed E-state index contributed by atoms with van der Waals surface area (Å²) in [5.74, 6) is 0.360. The lowest BCUT2D eigenvalue weighted by molar-refractivity contribution is -0.386. The Hall–Kier alpha value is -2.18. The van der Waals surface area contributed by atoms with Crippen molar-refractivity contribution in [2.24, 2.45) is 0 Å².